The van der Waals surface area contributed by atoms with Gasteiger partial charge in [0.05, 0.1) is 15.7 Å². The first-order valence-electron chi connectivity index (χ1n) is 7.35. The molecule has 1 fully saturated rings. The van der Waals surface area contributed by atoms with Crippen molar-refractivity contribution < 1.29 is 12.8 Å². The van der Waals surface area contributed by atoms with Crippen molar-refractivity contribution in [3.8, 4) is 0 Å². The number of halogens is 1. The molecule has 2 aromatic rings. The minimum Gasteiger partial charge on any atom is -0.329 e. The topological polar surface area (TPSA) is 86.2 Å². The number of sulfone groups is 1. The molecule has 0 unspecified atom stereocenters. The zero-order valence-corrected chi connectivity index (χ0v) is 13.6. The average Bonchev–Trinajstić information content (AvgIpc) is 3.15. The standard InChI is InChI=1S/C17H19FN2O2S/c1-11-5-7-14(8-6-11)23(21,22)16-15(17(16,20)10-19)12-3-2-4-13(18)9-12/h2-9,15-16H,10,19-20H2,1H3/t15-,16+,17+/m1/s1. The van der Waals surface area contributed by atoms with E-state index < -0.39 is 32.4 Å². The molecule has 3 rings (SSSR count). The van der Waals surface area contributed by atoms with Crippen molar-refractivity contribution in [2.45, 2.75) is 28.5 Å². The summed E-state index contributed by atoms with van der Waals surface area (Å²) < 4.78 is 39.3. The van der Waals surface area contributed by atoms with E-state index in [9.17, 15) is 12.8 Å². The van der Waals surface area contributed by atoms with Gasteiger partial charge in [-0.2, -0.15) is 0 Å². The van der Waals surface area contributed by atoms with Crippen molar-refractivity contribution in [3.05, 3.63) is 65.5 Å². The molecule has 0 spiro atoms. The number of hydrogen-bond acceptors (Lipinski definition) is 4. The molecule has 1 aliphatic rings. The molecule has 6 heteroatoms. The lowest BCUT2D eigenvalue weighted by Gasteiger charge is -2.09. The van der Waals surface area contributed by atoms with Crippen LogP contribution in [0.25, 0.3) is 0 Å². The predicted molar refractivity (Wildman–Crippen MR) is 87.3 cm³/mol. The van der Waals surface area contributed by atoms with Crippen molar-refractivity contribution in [1.82, 2.24) is 0 Å². The fourth-order valence-electron chi connectivity index (χ4n) is 3.19. The summed E-state index contributed by atoms with van der Waals surface area (Å²) in [5.41, 5.74) is 12.5. The lowest BCUT2D eigenvalue weighted by atomic mass is 10.1. The summed E-state index contributed by atoms with van der Waals surface area (Å²) in [6.45, 7) is 1.90. The predicted octanol–water partition coefficient (Wildman–Crippen LogP) is 1.73. The second kappa shape index (κ2) is 5.40. The third-order valence-electron chi connectivity index (χ3n) is 4.55. The Morgan fingerprint density at radius 3 is 2.39 bits per heavy atom. The Kier molecular flexibility index (Phi) is 3.78. The van der Waals surface area contributed by atoms with Crippen LogP contribution in [0.5, 0.6) is 0 Å². The largest absolute Gasteiger partial charge is 0.329 e. The number of benzene rings is 2. The molecule has 4 nitrogen and oxygen atoms in total. The van der Waals surface area contributed by atoms with E-state index in [4.69, 9.17) is 11.5 Å². The Morgan fingerprint density at radius 1 is 1.17 bits per heavy atom. The number of rotatable bonds is 4. The Hall–Kier alpha value is -1.76. The third-order valence-corrected chi connectivity index (χ3v) is 6.86. The maximum absolute atomic E-state index is 13.5. The summed E-state index contributed by atoms with van der Waals surface area (Å²) in [7, 11) is -3.64. The van der Waals surface area contributed by atoms with Crippen LogP contribution in [0.3, 0.4) is 0 Å². The number of nitrogens with two attached hydrogens (primary N) is 2. The van der Waals surface area contributed by atoms with Crippen LogP contribution in [0.15, 0.2) is 53.4 Å². The molecule has 0 heterocycles. The van der Waals surface area contributed by atoms with Crippen LogP contribution in [0.1, 0.15) is 17.0 Å². The molecule has 23 heavy (non-hydrogen) atoms. The van der Waals surface area contributed by atoms with Gasteiger partial charge in [0.15, 0.2) is 9.84 Å². The maximum atomic E-state index is 13.5. The van der Waals surface area contributed by atoms with Crippen molar-refractivity contribution in [3.63, 3.8) is 0 Å². The average molecular weight is 334 g/mol. The molecule has 1 aliphatic carbocycles. The van der Waals surface area contributed by atoms with Crippen LogP contribution in [-0.4, -0.2) is 25.8 Å². The Labute approximate surface area is 135 Å². The van der Waals surface area contributed by atoms with Crippen LogP contribution in [0.4, 0.5) is 4.39 Å². The van der Waals surface area contributed by atoms with Gasteiger partial charge in [-0.1, -0.05) is 29.8 Å². The highest BCUT2D eigenvalue weighted by molar-refractivity contribution is 7.92. The van der Waals surface area contributed by atoms with E-state index in [2.05, 4.69) is 0 Å². The molecule has 0 aromatic heterocycles. The van der Waals surface area contributed by atoms with Crippen LogP contribution < -0.4 is 11.5 Å². The monoisotopic (exact) mass is 334 g/mol. The van der Waals surface area contributed by atoms with Gasteiger partial charge in [0, 0.05) is 12.5 Å². The molecular formula is C17H19FN2O2S. The fourth-order valence-corrected chi connectivity index (χ4v) is 5.51. The molecule has 0 saturated heterocycles. The lowest BCUT2D eigenvalue weighted by Crippen LogP contribution is -2.39. The normalized spacial score (nSPS) is 27.0. The summed E-state index contributed by atoms with van der Waals surface area (Å²) in [5.74, 6) is -0.922. The Morgan fingerprint density at radius 2 is 1.83 bits per heavy atom. The second-order valence-corrected chi connectivity index (χ2v) is 8.20. The van der Waals surface area contributed by atoms with E-state index in [-0.39, 0.29) is 11.4 Å². The molecule has 0 bridgehead atoms. The van der Waals surface area contributed by atoms with Gasteiger partial charge in [0.1, 0.15) is 5.82 Å². The highest BCUT2D eigenvalue weighted by Crippen LogP contribution is 2.55. The molecule has 4 N–H and O–H groups in total. The van der Waals surface area contributed by atoms with Gasteiger partial charge >= 0.3 is 0 Å². The first-order chi connectivity index (χ1) is 10.8. The zero-order valence-electron chi connectivity index (χ0n) is 12.7. The van der Waals surface area contributed by atoms with Crippen molar-refractivity contribution in [2.24, 2.45) is 11.5 Å². The van der Waals surface area contributed by atoms with Gasteiger partial charge < -0.3 is 11.5 Å². The van der Waals surface area contributed by atoms with E-state index in [1.807, 2.05) is 6.92 Å². The quantitative estimate of drug-likeness (QED) is 0.891. The molecule has 122 valence electrons. The summed E-state index contributed by atoms with van der Waals surface area (Å²) in [6.07, 6.45) is 0. The Bertz CT molecular complexity index is 836. The summed E-state index contributed by atoms with van der Waals surface area (Å²) >= 11 is 0. The van der Waals surface area contributed by atoms with E-state index in [1.54, 1.807) is 36.4 Å². The minimum absolute atomic E-state index is 0.0178. The van der Waals surface area contributed by atoms with Crippen LogP contribution >= 0.6 is 0 Å². The smallest absolute Gasteiger partial charge is 0.183 e. The molecule has 1 saturated carbocycles. The number of hydrogen-bond donors (Lipinski definition) is 2. The first kappa shape index (κ1) is 16.1. The lowest BCUT2D eigenvalue weighted by molar-refractivity contribution is 0.586. The first-order valence-corrected chi connectivity index (χ1v) is 8.90. The minimum atomic E-state index is -3.64. The SMILES string of the molecule is Cc1ccc(S(=O)(=O)[C@H]2[C@@H](c3cccc(F)c3)[C@@]2(N)CN)cc1. The van der Waals surface area contributed by atoms with Crippen molar-refractivity contribution in [1.29, 1.82) is 0 Å². The highest BCUT2D eigenvalue weighted by atomic mass is 32.2. The van der Waals surface area contributed by atoms with Gasteiger partial charge in [-0.3, -0.25) is 0 Å². The van der Waals surface area contributed by atoms with E-state index in [0.717, 1.165) is 5.56 Å². The summed E-state index contributed by atoms with van der Waals surface area (Å²) in [6, 6.07) is 12.5. The van der Waals surface area contributed by atoms with E-state index in [0.29, 0.717) is 5.56 Å². The maximum Gasteiger partial charge on any atom is 0.183 e. The molecule has 3 atom stereocenters. The van der Waals surface area contributed by atoms with E-state index >= 15 is 0 Å². The number of aryl methyl sites for hydroxylation is 1. The molecule has 0 radical (unpaired) electrons. The van der Waals surface area contributed by atoms with E-state index in [1.165, 1.54) is 12.1 Å². The second-order valence-electron chi connectivity index (χ2n) is 6.13. The summed E-state index contributed by atoms with van der Waals surface area (Å²) in [4.78, 5) is 0.218. The van der Waals surface area contributed by atoms with Gasteiger partial charge in [-0.25, -0.2) is 12.8 Å². The van der Waals surface area contributed by atoms with Crippen LogP contribution in [-0.2, 0) is 9.84 Å². The zero-order chi connectivity index (χ0) is 16.8. The van der Waals surface area contributed by atoms with Gasteiger partial charge in [0.2, 0.25) is 0 Å². The van der Waals surface area contributed by atoms with Crippen molar-refractivity contribution in [2.75, 3.05) is 6.54 Å². The molecular weight excluding hydrogens is 315 g/mol. The Balaban J connectivity index is 2.03. The highest BCUT2D eigenvalue weighted by Gasteiger charge is 2.68. The fraction of sp³-hybridized carbons (Fsp3) is 0.294. The third kappa shape index (κ3) is 2.56. The molecule has 0 aliphatic heterocycles. The van der Waals surface area contributed by atoms with Gasteiger partial charge in [-0.15, -0.1) is 0 Å². The van der Waals surface area contributed by atoms with Crippen LogP contribution in [0.2, 0.25) is 0 Å². The molecule has 2 aromatic carbocycles. The van der Waals surface area contributed by atoms with Gasteiger partial charge in [0.25, 0.3) is 0 Å². The van der Waals surface area contributed by atoms with Gasteiger partial charge in [-0.05, 0) is 36.8 Å². The van der Waals surface area contributed by atoms with Crippen LogP contribution in [0, 0.1) is 12.7 Å². The summed E-state index contributed by atoms with van der Waals surface area (Å²) in [5, 5.41) is -0.843. The molecule has 0 amide bonds. The van der Waals surface area contributed by atoms with Crippen molar-refractivity contribution >= 4 is 9.84 Å².